The van der Waals surface area contributed by atoms with Gasteiger partial charge in [0.1, 0.15) is 5.75 Å². The first-order valence-electron chi connectivity index (χ1n) is 9.37. The van der Waals surface area contributed by atoms with E-state index in [0.29, 0.717) is 12.1 Å². The van der Waals surface area contributed by atoms with E-state index in [4.69, 9.17) is 4.74 Å². The molecule has 0 radical (unpaired) electrons. The molecule has 146 valence electrons. The first kappa shape index (κ1) is 21.3. The third kappa shape index (κ3) is 5.97. The molecule has 2 aromatic rings. The Morgan fingerprint density at radius 3 is 2.59 bits per heavy atom. The lowest BCUT2D eigenvalue weighted by Crippen LogP contribution is -2.38. The van der Waals surface area contributed by atoms with Crippen LogP contribution < -0.4 is 10.1 Å². The van der Waals surface area contributed by atoms with Crippen molar-refractivity contribution >= 4 is 17.7 Å². The van der Waals surface area contributed by atoms with E-state index in [9.17, 15) is 4.79 Å². The zero-order valence-corrected chi connectivity index (χ0v) is 17.4. The number of nitrogens with one attached hydrogen (secondary N) is 1. The van der Waals surface area contributed by atoms with E-state index in [1.165, 1.54) is 0 Å². The van der Waals surface area contributed by atoms with Gasteiger partial charge in [0.05, 0.1) is 23.7 Å². The Morgan fingerprint density at radius 1 is 1.22 bits per heavy atom. The highest BCUT2D eigenvalue weighted by molar-refractivity contribution is 7.99. The summed E-state index contributed by atoms with van der Waals surface area (Å²) in [5, 5.41) is 4.00. The van der Waals surface area contributed by atoms with Gasteiger partial charge in [0.25, 0.3) is 5.91 Å². The number of pyridine rings is 1. The Hall–Kier alpha value is -2.05. The Kier molecular flexibility index (Phi) is 8.61. The summed E-state index contributed by atoms with van der Waals surface area (Å²) in [4.78, 5) is 19.2. The quantitative estimate of drug-likeness (QED) is 0.624. The number of hydrogen-bond donors (Lipinski definition) is 1. The summed E-state index contributed by atoms with van der Waals surface area (Å²) in [6.07, 6.45) is 1.64. The highest BCUT2D eigenvalue weighted by Crippen LogP contribution is 2.24. The molecule has 0 bridgehead atoms. The molecule has 0 aliphatic heterocycles. The van der Waals surface area contributed by atoms with Crippen LogP contribution in [0.4, 0.5) is 0 Å². The van der Waals surface area contributed by atoms with Crippen molar-refractivity contribution in [3.8, 4) is 5.75 Å². The van der Waals surface area contributed by atoms with Crippen LogP contribution in [0.3, 0.4) is 0 Å². The number of amides is 1. The monoisotopic (exact) mass is 387 g/mol. The molecule has 0 saturated carbocycles. The molecular weight excluding hydrogens is 358 g/mol. The smallest absolute Gasteiger partial charge is 0.252 e. The second-order valence-electron chi connectivity index (χ2n) is 6.04. The Balaban J connectivity index is 2.11. The fraction of sp³-hybridized carbons (Fsp3) is 0.429. The third-order valence-electron chi connectivity index (χ3n) is 4.48. The molecule has 1 N–H and O–H groups in total. The summed E-state index contributed by atoms with van der Waals surface area (Å²) in [7, 11) is 1.67. The predicted octanol–water partition coefficient (Wildman–Crippen LogP) is 4.02. The molecule has 6 heteroatoms. The summed E-state index contributed by atoms with van der Waals surface area (Å²) >= 11 is 1.66. The molecule has 1 heterocycles. The normalized spacial score (nSPS) is 12.0. The van der Waals surface area contributed by atoms with Crippen LogP contribution in [0.1, 0.15) is 42.7 Å². The van der Waals surface area contributed by atoms with Gasteiger partial charge in [-0.05, 0) is 48.7 Å². The lowest BCUT2D eigenvalue weighted by atomic mass is 10.0. The number of likely N-dealkylation sites (N-methyl/N-ethyl adjacent to an activating group) is 1. The van der Waals surface area contributed by atoms with Crippen LogP contribution in [0.15, 0.2) is 47.6 Å². The van der Waals surface area contributed by atoms with Crippen molar-refractivity contribution in [2.24, 2.45) is 0 Å². The van der Waals surface area contributed by atoms with Gasteiger partial charge in [0.2, 0.25) is 0 Å². The standard InChI is InChI=1S/C21H29N3O2S/c1-5-24(6-2)19(16-9-8-10-18(13-16)26-4)15-23-21(25)17-11-12-20(22-14-17)27-7-3/h8-14,19H,5-7,15H2,1-4H3,(H,23,25). The van der Waals surface area contributed by atoms with E-state index in [1.54, 1.807) is 25.1 Å². The molecule has 1 atom stereocenters. The molecule has 2 rings (SSSR count). The predicted molar refractivity (Wildman–Crippen MR) is 112 cm³/mol. The minimum absolute atomic E-state index is 0.0851. The van der Waals surface area contributed by atoms with Gasteiger partial charge in [0, 0.05) is 12.7 Å². The van der Waals surface area contributed by atoms with Crippen molar-refractivity contribution in [1.29, 1.82) is 0 Å². The number of rotatable bonds is 10. The lowest BCUT2D eigenvalue weighted by molar-refractivity contribution is 0.0934. The second kappa shape index (κ2) is 10.9. The van der Waals surface area contributed by atoms with Crippen LogP contribution in [0.2, 0.25) is 0 Å². The number of methoxy groups -OCH3 is 1. The molecule has 1 aromatic carbocycles. The summed E-state index contributed by atoms with van der Waals surface area (Å²) in [5.41, 5.74) is 1.71. The number of ether oxygens (including phenoxy) is 1. The van der Waals surface area contributed by atoms with Gasteiger partial charge >= 0.3 is 0 Å². The average molecular weight is 388 g/mol. The number of benzene rings is 1. The van der Waals surface area contributed by atoms with Crippen molar-refractivity contribution in [3.63, 3.8) is 0 Å². The maximum absolute atomic E-state index is 12.6. The van der Waals surface area contributed by atoms with Gasteiger partial charge in [-0.3, -0.25) is 9.69 Å². The highest BCUT2D eigenvalue weighted by Gasteiger charge is 2.20. The van der Waals surface area contributed by atoms with Crippen molar-refractivity contribution < 1.29 is 9.53 Å². The maximum atomic E-state index is 12.6. The number of thioether (sulfide) groups is 1. The van der Waals surface area contributed by atoms with Crippen molar-refractivity contribution in [2.45, 2.75) is 31.8 Å². The summed E-state index contributed by atoms with van der Waals surface area (Å²) in [6.45, 7) is 8.68. The fourth-order valence-electron chi connectivity index (χ4n) is 3.01. The van der Waals surface area contributed by atoms with E-state index in [2.05, 4.69) is 42.0 Å². The lowest BCUT2D eigenvalue weighted by Gasteiger charge is -2.30. The molecule has 0 saturated heterocycles. The Labute approximate surface area is 166 Å². The molecular formula is C21H29N3O2S. The number of carbonyl (C=O) groups is 1. The van der Waals surface area contributed by atoms with Crippen molar-refractivity contribution in [1.82, 2.24) is 15.2 Å². The van der Waals surface area contributed by atoms with Gasteiger partial charge in [-0.25, -0.2) is 4.98 Å². The van der Waals surface area contributed by atoms with Crippen molar-refractivity contribution in [2.75, 3.05) is 32.5 Å². The van der Waals surface area contributed by atoms with Crippen LogP contribution in [-0.2, 0) is 0 Å². The third-order valence-corrected chi connectivity index (χ3v) is 5.30. The molecule has 27 heavy (non-hydrogen) atoms. The molecule has 1 amide bonds. The van der Waals surface area contributed by atoms with E-state index in [-0.39, 0.29) is 11.9 Å². The van der Waals surface area contributed by atoms with Crippen LogP contribution >= 0.6 is 11.8 Å². The zero-order valence-electron chi connectivity index (χ0n) is 16.6. The number of carbonyl (C=O) groups excluding carboxylic acids is 1. The van der Waals surface area contributed by atoms with Crippen molar-refractivity contribution in [3.05, 3.63) is 53.7 Å². The SMILES string of the molecule is CCSc1ccc(C(=O)NCC(c2cccc(OC)c2)N(CC)CC)cn1. The highest BCUT2D eigenvalue weighted by atomic mass is 32.2. The van der Waals surface area contributed by atoms with Crippen LogP contribution in [0.25, 0.3) is 0 Å². The molecule has 0 aliphatic rings. The van der Waals surface area contributed by atoms with E-state index in [0.717, 1.165) is 35.2 Å². The van der Waals surface area contributed by atoms with E-state index >= 15 is 0 Å². The van der Waals surface area contributed by atoms with E-state index < -0.39 is 0 Å². The average Bonchev–Trinajstić information content (AvgIpc) is 2.71. The number of aromatic nitrogens is 1. The van der Waals surface area contributed by atoms with Gasteiger partial charge in [-0.15, -0.1) is 11.8 Å². The minimum atomic E-state index is -0.101. The molecule has 0 aliphatic carbocycles. The summed E-state index contributed by atoms with van der Waals surface area (Å²) in [6, 6.07) is 11.8. The minimum Gasteiger partial charge on any atom is -0.497 e. The van der Waals surface area contributed by atoms with E-state index in [1.807, 2.05) is 30.3 Å². The molecule has 0 fully saturated rings. The molecule has 1 aromatic heterocycles. The largest absolute Gasteiger partial charge is 0.497 e. The summed E-state index contributed by atoms with van der Waals surface area (Å²) in [5.74, 6) is 1.68. The van der Waals surface area contributed by atoms with Gasteiger partial charge in [-0.2, -0.15) is 0 Å². The van der Waals surface area contributed by atoms with Gasteiger partial charge < -0.3 is 10.1 Å². The molecule has 1 unspecified atom stereocenters. The Morgan fingerprint density at radius 2 is 2.00 bits per heavy atom. The topological polar surface area (TPSA) is 54.5 Å². The first-order valence-corrected chi connectivity index (χ1v) is 10.4. The second-order valence-corrected chi connectivity index (χ2v) is 7.33. The maximum Gasteiger partial charge on any atom is 0.252 e. The molecule has 0 spiro atoms. The van der Waals surface area contributed by atoms with Crippen LogP contribution in [-0.4, -0.2) is 48.3 Å². The number of hydrogen-bond acceptors (Lipinski definition) is 5. The summed E-state index contributed by atoms with van der Waals surface area (Å²) < 4.78 is 5.36. The number of nitrogens with zero attached hydrogens (tertiary/aromatic N) is 2. The zero-order chi connectivity index (χ0) is 19.6. The Bertz CT molecular complexity index is 718. The van der Waals surface area contributed by atoms with Gasteiger partial charge in [0.15, 0.2) is 0 Å². The van der Waals surface area contributed by atoms with Crippen LogP contribution in [0.5, 0.6) is 5.75 Å². The first-order chi connectivity index (χ1) is 13.1. The van der Waals surface area contributed by atoms with Gasteiger partial charge in [-0.1, -0.05) is 32.9 Å². The molecule has 5 nitrogen and oxygen atoms in total. The van der Waals surface area contributed by atoms with Crippen LogP contribution in [0, 0.1) is 0 Å². The fourth-order valence-corrected chi connectivity index (χ4v) is 3.60.